The maximum absolute atomic E-state index is 13.0. The number of carbonyl (C=O) groups excluding carboxylic acids is 2. The first-order valence-electron chi connectivity index (χ1n) is 11.4. The molecule has 0 bridgehead atoms. The van der Waals surface area contributed by atoms with Crippen LogP contribution in [0.25, 0.3) is 0 Å². The minimum atomic E-state index is -3.50. The molecule has 8 nitrogen and oxygen atoms in total. The van der Waals surface area contributed by atoms with E-state index in [2.05, 4.69) is 5.32 Å². The first-order valence-corrected chi connectivity index (χ1v) is 12.8. The van der Waals surface area contributed by atoms with Crippen molar-refractivity contribution < 1.29 is 22.7 Å². The number of ether oxygens (including phenoxy) is 1. The summed E-state index contributed by atoms with van der Waals surface area (Å²) in [7, 11) is -3.50. The highest BCUT2D eigenvalue weighted by molar-refractivity contribution is 7.89. The number of fused-ring (bicyclic) bond motifs is 2. The van der Waals surface area contributed by atoms with Crippen LogP contribution in [0.1, 0.15) is 36.8 Å². The molecule has 0 radical (unpaired) electrons. The second kappa shape index (κ2) is 8.79. The van der Waals surface area contributed by atoms with Gasteiger partial charge in [-0.25, -0.2) is 8.42 Å². The van der Waals surface area contributed by atoms with Crippen molar-refractivity contribution in [2.75, 3.05) is 36.5 Å². The summed E-state index contributed by atoms with van der Waals surface area (Å²) in [5.41, 5.74) is 3.39. The molecule has 9 heteroatoms. The quantitative estimate of drug-likeness (QED) is 0.727. The lowest BCUT2D eigenvalue weighted by molar-refractivity contribution is -0.120. The lowest BCUT2D eigenvalue weighted by Crippen LogP contribution is -2.35. The van der Waals surface area contributed by atoms with Crippen molar-refractivity contribution in [2.45, 2.75) is 43.4 Å². The van der Waals surface area contributed by atoms with Crippen molar-refractivity contribution in [2.24, 2.45) is 0 Å². The summed E-state index contributed by atoms with van der Waals surface area (Å²) in [6.07, 6.45) is 4.56. The van der Waals surface area contributed by atoms with Crippen LogP contribution >= 0.6 is 0 Å². The van der Waals surface area contributed by atoms with Crippen molar-refractivity contribution in [1.82, 2.24) is 4.31 Å². The number of nitrogens with zero attached hydrogens (tertiary/aromatic N) is 2. The number of hydrogen-bond donors (Lipinski definition) is 1. The summed E-state index contributed by atoms with van der Waals surface area (Å²) >= 11 is 0. The summed E-state index contributed by atoms with van der Waals surface area (Å²) in [6, 6.07) is 10.4. The topological polar surface area (TPSA) is 96.0 Å². The van der Waals surface area contributed by atoms with E-state index in [0.29, 0.717) is 49.5 Å². The summed E-state index contributed by atoms with van der Waals surface area (Å²) in [5.74, 6) is 0.415. The highest BCUT2D eigenvalue weighted by atomic mass is 32.2. The number of amides is 2. The standard InChI is InChI=1S/C24H27N3O5S/c28-23-9-4-17-14-19(5-7-21(17)25-23)32-16-24(29)27-13-10-18-15-20(6-8-22(18)27)33(30,31)26-11-2-1-3-12-26/h5-8,14-15H,1-4,9-13,16H2,(H,25,28). The van der Waals surface area contributed by atoms with Crippen LogP contribution in [0.4, 0.5) is 11.4 Å². The van der Waals surface area contributed by atoms with Gasteiger partial charge >= 0.3 is 0 Å². The van der Waals surface area contributed by atoms with Crippen LogP contribution in [0.5, 0.6) is 5.75 Å². The van der Waals surface area contributed by atoms with E-state index in [1.54, 1.807) is 39.5 Å². The molecule has 1 saturated heterocycles. The molecule has 2 amide bonds. The van der Waals surface area contributed by atoms with Crippen LogP contribution < -0.4 is 15.0 Å². The van der Waals surface area contributed by atoms with Crippen molar-refractivity contribution in [1.29, 1.82) is 0 Å². The fourth-order valence-corrected chi connectivity index (χ4v) is 6.29. The Hall–Kier alpha value is -2.91. The van der Waals surface area contributed by atoms with Crippen LogP contribution in [0.2, 0.25) is 0 Å². The smallest absolute Gasteiger partial charge is 0.264 e. The molecule has 174 valence electrons. The average Bonchev–Trinajstić information content (AvgIpc) is 3.26. The van der Waals surface area contributed by atoms with Crippen molar-refractivity contribution >= 4 is 33.2 Å². The van der Waals surface area contributed by atoms with Gasteiger partial charge in [-0.3, -0.25) is 9.59 Å². The van der Waals surface area contributed by atoms with Gasteiger partial charge in [0.15, 0.2) is 6.61 Å². The molecule has 0 saturated carbocycles. The summed E-state index contributed by atoms with van der Waals surface area (Å²) < 4.78 is 33.3. The third kappa shape index (κ3) is 4.35. The van der Waals surface area contributed by atoms with Crippen LogP contribution in [0, 0.1) is 0 Å². The van der Waals surface area contributed by atoms with Gasteiger partial charge in [0, 0.05) is 37.4 Å². The number of sulfonamides is 1. The molecular formula is C24H27N3O5S. The zero-order chi connectivity index (χ0) is 23.0. The molecule has 0 aromatic heterocycles. The van der Waals surface area contributed by atoms with E-state index in [9.17, 15) is 18.0 Å². The Morgan fingerprint density at radius 3 is 2.58 bits per heavy atom. The fraction of sp³-hybridized carbons (Fsp3) is 0.417. The third-order valence-corrected chi connectivity index (χ3v) is 8.43. The summed E-state index contributed by atoms with van der Waals surface area (Å²) in [5, 5.41) is 2.83. The predicted molar refractivity (Wildman–Crippen MR) is 124 cm³/mol. The first-order chi connectivity index (χ1) is 15.9. The van der Waals surface area contributed by atoms with Gasteiger partial charge in [-0.2, -0.15) is 4.31 Å². The Morgan fingerprint density at radius 2 is 1.76 bits per heavy atom. The van der Waals surface area contributed by atoms with Crippen molar-refractivity contribution in [3.8, 4) is 5.75 Å². The molecule has 1 fully saturated rings. The van der Waals surface area contributed by atoms with Crippen molar-refractivity contribution in [3.05, 3.63) is 47.5 Å². The van der Waals surface area contributed by atoms with Crippen LogP contribution in [0.15, 0.2) is 41.3 Å². The molecule has 0 atom stereocenters. The molecule has 3 aliphatic rings. The maximum atomic E-state index is 13.0. The second-order valence-corrected chi connectivity index (χ2v) is 10.6. The molecular weight excluding hydrogens is 442 g/mol. The predicted octanol–water partition coefficient (Wildman–Crippen LogP) is 2.71. The number of benzene rings is 2. The SMILES string of the molecule is O=C1CCc2cc(OCC(=O)N3CCc4cc(S(=O)(=O)N5CCCCC5)ccc43)ccc2N1. The molecule has 2 aromatic carbocycles. The Kier molecular flexibility index (Phi) is 5.84. The second-order valence-electron chi connectivity index (χ2n) is 8.71. The Morgan fingerprint density at radius 1 is 0.939 bits per heavy atom. The van der Waals surface area contributed by atoms with Crippen LogP contribution in [-0.2, 0) is 32.5 Å². The van der Waals surface area contributed by atoms with E-state index in [-0.39, 0.29) is 18.4 Å². The number of anilines is 2. The van der Waals surface area contributed by atoms with E-state index in [0.717, 1.165) is 41.8 Å². The van der Waals surface area contributed by atoms with Gasteiger partial charge in [0.1, 0.15) is 5.75 Å². The normalized spacial score (nSPS) is 18.4. The average molecular weight is 470 g/mol. The van der Waals surface area contributed by atoms with Gasteiger partial charge in [0.25, 0.3) is 5.91 Å². The molecule has 3 aliphatic heterocycles. The van der Waals surface area contributed by atoms with Gasteiger partial charge in [0.05, 0.1) is 4.90 Å². The van der Waals surface area contributed by atoms with Gasteiger partial charge < -0.3 is 15.0 Å². The van der Waals surface area contributed by atoms with Crippen LogP contribution in [0.3, 0.4) is 0 Å². The molecule has 5 rings (SSSR count). The number of rotatable bonds is 5. The summed E-state index contributed by atoms with van der Waals surface area (Å²) in [6.45, 7) is 1.52. The largest absolute Gasteiger partial charge is 0.484 e. The number of carbonyl (C=O) groups is 2. The first kappa shape index (κ1) is 21.9. The lowest BCUT2D eigenvalue weighted by atomic mass is 10.0. The van der Waals surface area contributed by atoms with E-state index in [1.165, 1.54) is 0 Å². The number of aryl methyl sites for hydroxylation is 1. The Labute approximate surface area is 193 Å². The fourth-order valence-electron chi connectivity index (χ4n) is 4.72. The Balaban J connectivity index is 1.26. The maximum Gasteiger partial charge on any atom is 0.264 e. The molecule has 0 aliphatic carbocycles. The van der Waals surface area contributed by atoms with Crippen LogP contribution in [-0.4, -0.2) is 50.8 Å². The monoisotopic (exact) mass is 469 g/mol. The van der Waals surface area contributed by atoms with E-state index in [1.807, 2.05) is 6.07 Å². The molecule has 2 aromatic rings. The summed E-state index contributed by atoms with van der Waals surface area (Å²) in [4.78, 5) is 26.3. The zero-order valence-corrected chi connectivity index (χ0v) is 19.2. The van der Waals surface area contributed by atoms with Gasteiger partial charge in [-0.1, -0.05) is 6.42 Å². The van der Waals surface area contributed by atoms with Gasteiger partial charge in [-0.05, 0) is 73.2 Å². The highest BCUT2D eigenvalue weighted by Crippen LogP contribution is 2.32. The van der Waals surface area contributed by atoms with Gasteiger partial charge in [-0.15, -0.1) is 0 Å². The highest BCUT2D eigenvalue weighted by Gasteiger charge is 2.30. The number of hydrogen-bond acceptors (Lipinski definition) is 5. The molecule has 0 spiro atoms. The van der Waals surface area contributed by atoms with E-state index < -0.39 is 10.0 Å². The molecule has 3 heterocycles. The molecule has 1 N–H and O–H groups in total. The molecule has 33 heavy (non-hydrogen) atoms. The van der Waals surface area contributed by atoms with Crippen molar-refractivity contribution in [3.63, 3.8) is 0 Å². The zero-order valence-electron chi connectivity index (χ0n) is 18.4. The lowest BCUT2D eigenvalue weighted by Gasteiger charge is -2.26. The number of piperidine rings is 1. The third-order valence-electron chi connectivity index (χ3n) is 6.53. The minimum Gasteiger partial charge on any atom is -0.484 e. The minimum absolute atomic E-state index is 0.00549. The number of nitrogens with one attached hydrogen (secondary N) is 1. The van der Waals surface area contributed by atoms with E-state index in [4.69, 9.17) is 4.74 Å². The van der Waals surface area contributed by atoms with E-state index >= 15 is 0 Å². The Bertz CT molecular complexity index is 1200. The molecule has 0 unspecified atom stereocenters. The van der Waals surface area contributed by atoms with Gasteiger partial charge in [0.2, 0.25) is 15.9 Å².